The summed E-state index contributed by atoms with van der Waals surface area (Å²) in [5.74, 6) is 0. The van der Waals surface area contributed by atoms with Gasteiger partial charge < -0.3 is 10.1 Å². The maximum Gasteiger partial charge on any atom is 0.205 e. The Morgan fingerprint density at radius 2 is 2.12 bits per heavy atom. The molecule has 1 rings (SSSR count). The minimum Gasteiger partial charge on any atom is -0.371 e. The second-order valence-corrected chi connectivity index (χ2v) is 5.28. The number of anilines is 1. The van der Waals surface area contributed by atoms with Gasteiger partial charge in [-0.15, -0.1) is 10.2 Å². The molecule has 1 N–H and O–H groups in total. The van der Waals surface area contributed by atoms with E-state index >= 15 is 0 Å². The van der Waals surface area contributed by atoms with Gasteiger partial charge in [-0.25, -0.2) is 0 Å². The third-order valence-electron chi connectivity index (χ3n) is 2.64. The van der Waals surface area contributed by atoms with E-state index in [1.165, 1.54) is 25.7 Å². The van der Waals surface area contributed by atoms with Crippen molar-refractivity contribution in [1.82, 2.24) is 10.2 Å². The molecule has 0 saturated carbocycles. The van der Waals surface area contributed by atoms with Crippen LogP contribution in [-0.4, -0.2) is 23.3 Å². The molecule has 0 aromatic carbocycles. The van der Waals surface area contributed by atoms with Crippen molar-refractivity contribution in [2.24, 2.45) is 0 Å². The summed E-state index contributed by atoms with van der Waals surface area (Å²) in [5, 5.41) is 12.8. The van der Waals surface area contributed by atoms with E-state index in [2.05, 4.69) is 29.4 Å². The quantitative estimate of drug-likeness (QED) is 0.688. The predicted molar refractivity (Wildman–Crippen MR) is 72.5 cm³/mol. The van der Waals surface area contributed by atoms with Gasteiger partial charge in [0.2, 0.25) is 5.13 Å². The maximum absolute atomic E-state index is 5.75. The van der Waals surface area contributed by atoms with Crippen molar-refractivity contribution in [2.75, 3.05) is 12.4 Å². The first-order chi connectivity index (χ1) is 8.26. The number of hydrogen-bond donors (Lipinski definition) is 1. The van der Waals surface area contributed by atoms with E-state index in [4.69, 9.17) is 4.74 Å². The van der Waals surface area contributed by atoms with Crippen LogP contribution < -0.4 is 5.32 Å². The average molecular weight is 257 g/mol. The molecule has 1 aromatic rings. The highest BCUT2D eigenvalue weighted by atomic mass is 32.1. The normalized spacial score (nSPS) is 12.6. The fourth-order valence-electron chi connectivity index (χ4n) is 1.57. The van der Waals surface area contributed by atoms with Crippen LogP contribution in [0.1, 0.15) is 51.0 Å². The van der Waals surface area contributed by atoms with Gasteiger partial charge in [0, 0.05) is 7.05 Å². The van der Waals surface area contributed by atoms with E-state index < -0.39 is 0 Å². The summed E-state index contributed by atoms with van der Waals surface area (Å²) >= 11 is 1.55. The molecule has 0 bridgehead atoms. The SMILES string of the molecule is CCCCCCC(C)OCc1nnc(NC)s1. The summed E-state index contributed by atoms with van der Waals surface area (Å²) in [6.45, 7) is 4.94. The van der Waals surface area contributed by atoms with Crippen molar-refractivity contribution in [3.05, 3.63) is 5.01 Å². The van der Waals surface area contributed by atoms with Crippen molar-refractivity contribution < 1.29 is 4.74 Å². The van der Waals surface area contributed by atoms with Gasteiger partial charge in [-0.2, -0.15) is 0 Å². The molecule has 98 valence electrons. The van der Waals surface area contributed by atoms with Crippen molar-refractivity contribution >= 4 is 16.5 Å². The Kier molecular flexibility index (Phi) is 7.12. The lowest BCUT2D eigenvalue weighted by Crippen LogP contribution is -2.07. The minimum atomic E-state index is 0.314. The van der Waals surface area contributed by atoms with Gasteiger partial charge in [-0.05, 0) is 13.3 Å². The fourth-order valence-corrected chi connectivity index (χ4v) is 2.18. The van der Waals surface area contributed by atoms with Gasteiger partial charge in [0.15, 0.2) is 0 Å². The Hall–Kier alpha value is -0.680. The Morgan fingerprint density at radius 3 is 2.76 bits per heavy atom. The summed E-state index contributed by atoms with van der Waals surface area (Å²) in [7, 11) is 1.85. The topological polar surface area (TPSA) is 47.0 Å². The molecule has 0 aliphatic heterocycles. The second kappa shape index (κ2) is 8.42. The van der Waals surface area contributed by atoms with Crippen LogP contribution in [0.5, 0.6) is 0 Å². The highest BCUT2D eigenvalue weighted by Gasteiger charge is 2.06. The molecular formula is C12H23N3OS. The lowest BCUT2D eigenvalue weighted by atomic mass is 10.1. The van der Waals surface area contributed by atoms with E-state index in [1.807, 2.05) is 7.05 Å². The zero-order valence-corrected chi connectivity index (χ0v) is 11.8. The second-order valence-electron chi connectivity index (χ2n) is 4.22. The largest absolute Gasteiger partial charge is 0.371 e. The first kappa shape index (κ1) is 14.4. The first-order valence-electron chi connectivity index (χ1n) is 6.38. The highest BCUT2D eigenvalue weighted by molar-refractivity contribution is 7.15. The van der Waals surface area contributed by atoms with E-state index in [-0.39, 0.29) is 0 Å². The van der Waals surface area contributed by atoms with Crippen LogP contribution in [0.25, 0.3) is 0 Å². The number of nitrogens with zero attached hydrogens (tertiary/aromatic N) is 2. The maximum atomic E-state index is 5.75. The van der Waals surface area contributed by atoms with Gasteiger partial charge >= 0.3 is 0 Å². The fraction of sp³-hybridized carbons (Fsp3) is 0.833. The minimum absolute atomic E-state index is 0.314. The molecule has 0 aliphatic rings. The molecular weight excluding hydrogens is 234 g/mol. The zero-order chi connectivity index (χ0) is 12.5. The van der Waals surface area contributed by atoms with Crippen molar-refractivity contribution in [1.29, 1.82) is 0 Å². The van der Waals surface area contributed by atoms with Crippen molar-refractivity contribution in [2.45, 2.75) is 58.7 Å². The van der Waals surface area contributed by atoms with Crippen LogP contribution in [-0.2, 0) is 11.3 Å². The van der Waals surface area contributed by atoms with E-state index in [1.54, 1.807) is 11.3 Å². The van der Waals surface area contributed by atoms with Gasteiger partial charge in [-0.3, -0.25) is 0 Å². The molecule has 4 nitrogen and oxygen atoms in total. The molecule has 0 aliphatic carbocycles. The molecule has 0 fully saturated rings. The number of aromatic nitrogens is 2. The molecule has 1 atom stereocenters. The van der Waals surface area contributed by atoms with Gasteiger partial charge in [0.25, 0.3) is 0 Å². The molecule has 1 unspecified atom stereocenters. The zero-order valence-electron chi connectivity index (χ0n) is 11.0. The van der Waals surface area contributed by atoms with Crippen LogP contribution in [0.2, 0.25) is 0 Å². The van der Waals surface area contributed by atoms with Crippen LogP contribution in [0.15, 0.2) is 0 Å². The number of ether oxygens (including phenoxy) is 1. The highest BCUT2D eigenvalue weighted by Crippen LogP contribution is 2.16. The van der Waals surface area contributed by atoms with Gasteiger partial charge in [0.1, 0.15) is 11.6 Å². The number of hydrogen-bond acceptors (Lipinski definition) is 5. The van der Waals surface area contributed by atoms with Gasteiger partial charge in [0.05, 0.1) is 6.10 Å². The Labute approximate surface area is 108 Å². The molecule has 17 heavy (non-hydrogen) atoms. The number of unbranched alkanes of at least 4 members (excludes halogenated alkanes) is 3. The third kappa shape index (κ3) is 5.98. The summed E-state index contributed by atoms with van der Waals surface area (Å²) in [4.78, 5) is 0. The van der Waals surface area contributed by atoms with E-state index in [9.17, 15) is 0 Å². The molecule has 5 heteroatoms. The van der Waals surface area contributed by atoms with Crippen LogP contribution >= 0.6 is 11.3 Å². The monoisotopic (exact) mass is 257 g/mol. The Bertz CT molecular complexity index is 304. The molecule has 1 heterocycles. The standard InChI is InChI=1S/C12H23N3OS/c1-4-5-6-7-8-10(2)16-9-11-14-15-12(13-3)17-11/h10H,4-9H2,1-3H3,(H,13,15). The molecule has 0 spiro atoms. The number of nitrogens with one attached hydrogen (secondary N) is 1. The molecule has 1 aromatic heterocycles. The van der Waals surface area contributed by atoms with Crippen molar-refractivity contribution in [3.8, 4) is 0 Å². The van der Waals surface area contributed by atoms with Crippen LogP contribution in [0, 0.1) is 0 Å². The van der Waals surface area contributed by atoms with E-state index in [0.29, 0.717) is 12.7 Å². The average Bonchev–Trinajstić information content (AvgIpc) is 2.80. The Morgan fingerprint density at radius 1 is 1.29 bits per heavy atom. The van der Waals surface area contributed by atoms with Crippen molar-refractivity contribution in [3.63, 3.8) is 0 Å². The molecule has 0 saturated heterocycles. The summed E-state index contributed by atoms with van der Waals surface area (Å²) in [6, 6.07) is 0. The summed E-state index contributed by atoms with van der Waals surface area (Å²) < 4.78 is 5.75. The number of rotatable bonds is 9. The lowest BCUT2D eigenvalue weighted by molar-refractivity contribution is 0.0455. The molecule has 0 amide bonds. The first-order valence-corrected chi connectivity index (χ1v) is 7.19. The predicted octanol–water partition coefficient (Wildman–Crippen LogP) is 3.46. The van der Waals surface area contributed by atoms with E-state index in [0.717, 1.165) is 16.6 Å². The van der Waals surface area contributed by atoms with Crippen LogP contribution in [0.4, 0.5) is 5.13 Å². The smallest absolute Gasteiger partial charge is 0.205 e. The summed E-state index contributed by atoms with van der Waals surface area (Å²) in [6.07, 6.45) is 6.63. The summed E-state index contributed by atoms with van der Waals surface area (Å²) in [5.41, 5.74) is 0. The van der Waals surface area contributed by atoms with Gasteiger partial charge in [-0.1, -0.05) is 43.9 Å². The lowest BCUT2D eigenvalue weighted by Gasteiger charge is -2.11. The Balaban J connectivity index is 2.12. The van der Waals surface area contributed by atoms with Crippen LogP contribution in [0.3, 0.4) is 0 Å². The third-order valence-corrected chi connectivity index (χ3v) is 3.55. The molecule has 0 radical (unpaired) electrons.